The molecule has 3 amide bonds. The van der Waals surface area contributed by atoms with Crippen molar-refractivity contribution >= 4 is 29.1 Å². The third-order valence-electron chi connectivity index (χ3n) is 4.14. The highest BCUT2D eigenvalue weighted by Crippen LogP contribution is 2.20. The molecular weight excluding hydrogens is 337 g/mol. The lowest BCUT2D eigenvalue weighted by atomic mass is 10.1. The first-order chi connectivity index (χ1) is 12.4. The van der Waals surface area contributed by atoms with Gasteiger partial charge in [0.05, 0.1) is 0 Å². The highest BCUT2D eigenvalue weighted by molar-refractivity contribution is 6.00. The van der Waals surface area contributed by atoms with Gasteiger partial charge in [-0.2, -0.15) is 0 Å². The molecule has 1 aliphatic heterocycles. The van der Waals surface area contributed by atoms with Crippen molar-refractivity contribution in [1.29, 1.82) is 0 Å². The Morgan fingerprint density at radius 1 is 1.04 bits per heavy atom. The van der Waals surface area contributed by atoms with Gasteiger partial charge in [0.1, 0.15) is 12.4 Å². The maximum atomic E-state index is 13.0. The lowest BCUT2D eigenvalue weighted by Gasteiger charge is -2.18. The normalized spacial score (nSPS) is 13.8. The topological polar surface area (TPSA) is 69.7 Å². The quantitative estimate of drug-likeness (QED) is 0.839. The molecule has 7 heteroatoms. The van der Waals surface area contributed by atoms with Crippen molar-refractivity contribution in [3.8, 4) is 0 Å². The molecule has 0 unspecified atom stereocenters. The van der Waals surface area contributed by atoms with Crippen LogP contribution in [0.1, 0.15) is 17.3 Å². The number of Topliss-reactive ketones (excluding diaryl/α,β-unsaturated/α-hetero) is 1. The van der Waals surface area contributed by atoms with Crippen molar-refractivity contribution in [2.45, 2.75) is 6.92 Å². The maximum Gasteiger partial charge on any atom is 0.325 e. The number of ketones is 1. The smallest absolute Gasteiger partial charge is 0.325 e. The van der Waals surface area contributed by atoms with Crippen LogP contribution in [0.3, 0.4) is 0 Å². The monoisotopic (exact) mass is 355 g/mol. The van der Waals surface area contributed by atoms with Gasteiger partial charge in [-0.3, -0.25) is 14.5 Å². The average molecular weight is 355 g/mol. The molecule has 2 aromatic carbocycles. The Balaban J connectivity index is 1.58. The number of carbonyl (C=O) groups is 3. The maximum absolute atomic E-state index is 13.0. The van der Waals surface area contributed by atoms with E-state index in [1.165, 1.54) is 41.0 Å². The molecule has 0 aromatic heterocycles. The number of carbonyl (C=O) groups excluding carboxylic acids is 3. The standard InChI is InChI=1S/C19H18FN3O3/c1-13(24)14-2-6-16(7-3-14)21-18(25)12-22-10-11-23(19(22)26)17-8-4-15(20)5-9-17/h2-9H,10-12H2,1H3,(H,21,25). The summed E-state index contributed by atoms with van der Waals surface area (Å²) in [6.45, 7) is 2.24. The molecule has 3 rings (SSSR count). The van der Waals surface area contributed by atoms with Crippen LogP contribution in [0, 0.1) is 5.82 Å². The molecule has 1 N–H and O–H groups in total. The molecule has 0 atom stereocenters. The van der Waals surface area contributed by atoms with E-state index in [0.29, 0.717) is 30.0 Å². The van der Waals surface area contributed by atoms with Crippen molar-refractivity contribution in [3.05, 3.63) is 59.9 Å². The minimum Gasteiger partial charge on any atom is -0.325 e. The van der Waals surface area contributed by atoms with Crippen LogP contribution in [-0.2, 0) is 4.79 Å². The largest absolute Gasteiger partial charge is 0.325 e. The number of nitrogens with zero attached hydrogens (tertiary/aromatic N) is 2. The van der Waals surface area contributed by atoms with Crippen molar-refractivity contribution in [3.63, 3.8) is 0 Å². The average Bonchev–Trinajstić information content (AvgIpc) is 2.97. The van der Waals surface area contributed by atoms with E-state index >= 15 is 0 Å². The van der Waals surface area contributed by atoms with Crippen molar-refractivity contribution in [2.24, 2.45) is 0 Å². The van der Waals surface area contributed by atoms with Crippen LogP contribution in [-0.4, -0.2) is 42.3 Å². The van der Waals surface area contributed by atoms with Crippen LogP contribution in [0.5, 0.6) is 0 Å². The van der Waals surface area contributed by atoms with Gasteiger partial charge < -0.3 is 10.2 Å². The van der Waals surface area contributed by atoms with Gasteiger partial charge >= 0.3 is 6.03 Å². The van der Waals surface area contributed by atoms with Crippen LogP contribution >= 0.6 is 0 Å². The summed E-state index contributed by atoms with van der Waals surface area (Å²) in [6.07, 6.45) is 0. The highest BCUT2D eigenvalue weighted by atomic mass is 19.1. The first kappa shape index (κ1) is 17.6. The number of benzene rings is 2. The van der Waals surface area contributed by atoms with E-state index in [1.807, 2.05) is 0 Å². The minimum atomic E-state index is -0.368. The number of hydrogen-bond donors (Lipinski definition) is 1. The molecule has 0 aliphatic carbocycles. The molecule has 26 heavy (non-hydrogen) atoms. The Labute approximate surface area is 150 Å². The summed E-state index contributed by atoms with van der Waals surface area (Å²) in [6, 6.07) is 11.9. The third-order valence-corrected chi connectivity index (χ3v) is 4.14. The van der Waals surface area contributed by atoms with E-state index < -0.39 is 0 Å². The van der Waals surface area contributed by atoms with E-state index in [9.17, 15) is 18.8 Å². The Morgan fingerprint density at radius 3 is 2.31 bits per heavy atom. The molecule has 6 nitrogen and oxygen atoms in total. The number of hydrogen-bond acceptors (Lipinski definition) is 3. The van der Waals surface area contributed by atoms with Crippen LogP contribution in [0.15, 0.2) is 48.5 Å². The van der Waals surface area contributed by atoms with Gasteiger partial charge in [-0.05, 0) is 55.5 Å². The van der Waals surface area contributed by atoms with E-state index in [-0.39, 0.29) is 30.1 Å². The molecular formula is C19H18FN3O3. The van der Waals surface area contributed by atoms with Crippen molar-refractivity contribution in [1.82, 2.24) is 4.90 Å². The number of halogens is 1. The van der Waals surface area contributed by atoms with Crippen molar-refractivity contribution < 1.29 is 18.8 Å². The summed E-state index contributed by atoms with van der Waals surface area (Å²) in [4.78, 5) is 38.8. The van der Waals surface area contributed by atoms with E-state index in [2.05, 4.69) is 5.32 Å². The van der Waals surface area contributed by atoms with Gasteiger partial charge in [-0.1, -0.05) is 0 Å². The third kappa shape index (κ3) is 3.88. The summed E-state index contributed by atoms with van der Waals surface area (Å²) in [5.74, 6) is -0.742. The fraction of sp³-hybridized carbons (Fsp3) is 0.211. The molecule has 1 heterocycles. The van der Waals surface area contributed by atoms with Crippen LogP contribution < -0.4 is 10.2 Å². The predicted molar refractivity (Wildman–Crippen MR) is 95.8 cm³/mol. The summed E-state index contributed by atoms with van der Waals surface area (Å²) in [7, 11) is 0. The van der Waals surface area contributed by atoms with E-state index in [4.69, 9.17) is 0 Å². The fourth-order valence-electron chi connectivity index (χ4n) is 2.75. The molecule has 1 fully saturated rings. The second kappa shape index (κ2) is 7.35. The van der Waals surface area contributed by atoms with Crippen LogP contribution in [0.2, 0.25) is 0 Å². The molecule has 0 bridgehead atoms. The van der Waals surface area contributed by atoms with Crippen LogP contribution in [0.4, 0.5) is 20.6 Å². The fourth-order valence-corrected chi connectivity index (χ4v) is 2.75. The number of nitrogens with one attached hydrogen (secondary N) is 1. The van der Waals surface area contributed by atoms with Gasteiger partial charge in [-0.25, -0.2) is 9.18 Å². The number of amides is 3. The zero-order valence-electron chi connectivity index (χ0n) is 14.2. The zero-order chi connectivity index (χ0) is 18.7. The number of urea groups is 1. The number of anilines is 2. The Morgan fingerprint density at radius 2 is 1.69 bits per heavy atom. The molecule has 0 spiro atoms. The lowest BCUT2D eigenvalue weighted by Crippen LogP contribution is -2.37. The van der Waals surface area contributed by atoms with Gasteiger partial charge in [-0.15, -0.1) is 0 Å². The zero-order valence-corrected chi connectivity index (χ0v) is 14.2. The SMILES string of the molecule is CC(=O)c1ccc(NC(=O)CN2CCN(c3ccc(F)cc3)C2=O)cc1. The molecule has 1 saturated heterocycles. The van der Waals surface area contributed by atoms with Crippen molar-refractivity contribution in [2.75, 3.05) is 29.9 Å². The van der Waals surface area contributed by atoms with Gasteiger partial charge in [0.25, 0.3) is 0 Å². The summed E-state index contributed by atoms with van der Waals surface area (Å²) in [5, 5.41) is 2.71. The summed E-state index contributed by atoms with van der Waals surface area (Å²) in [5.41, 5.74) is 1.72. The molecule has 1 aliphatic rings. The molecule has 0 saturated carbocycles. The summed E-state index contributed by atoms with van der Waals surface area (Å²) >= 11 is 0. The van der Waals surface area contributed by atoms with E-state index in [1.54, 1.807) is 24.3 Å². The van der Waals surface area contributed by atoms with Gasteiger partial charge in [0, 0.05) is 30.0 Å². The second-order valence-corrected chi connectivity index (χ2v) is 6.01. The van der Waals surface area contributed by atoms with Gasteiger partial charge in [0.15, 0.2) is 5.78 Å². The molecule has 2 aromatic rings. The minimum absolute atomic E-state index is 0.0496. The van der Waals surface area contributed by atoms with Gasteiger partial charge in [0.2, 0.25) is 5.91 Å². The second-order valence-electron chi connectivity index (χ2n) is 6.01. The molecule has 0 radical (unpaired) electrons. The number of rotatable bonds is 5. The Kier molecular flexibility index (Phi) is 4.97. The highest BCUT2D eigenvalue weighted by Gasteiger charge is 2.30. The Bertz CT molecular complexity index is 834. The first-order valence-corrected chi connectivity index (χ1v) is 8.17. The predicted octanol–water partition coefficient (Wildman–Crippen LogP) is 2.91. The lowest BCUT2D eigenvalue weighted by molar-refractivity contribution is -0.116. The first-order valence-electron chi connectivity index (χ1n) is 8.17. The van der Waals surface area contributed by atoms with Crippen LogP contribution in [0.25, 0.3) is 0 Å². The van der Waals surface area contributed by atoms with E-state index in [0.717, 1.165) is 0 Å². The molecule has 134 valence electrons. The summed E-state index contributed by atoms with van der Waals surface area (Å²) < 4.78 is 13.0. The Hall–Kier alpha value is -3.22.